The van der Waals surface area contributed by atoms with Crippen LogP contribution in [0.2, 0.25) is 0 Å². The molecule has 3 heterocycles. The van der Waals surface area contributed by atoms with Crippen LogP contribution in [0.3, 0.4) is 0 Å². The van der Waals surface area contributed by atoms with E-state index in [9.17, 15) is 9.59 Å². The fraction of sp³-hybridized carbons (Fsp3) is 0.312. The molecule has 0 radical (unpaired) electrons. The monoisotopic (exact) mass is 311 g/mol. The summed E-state index contributed by atoms with van der Waals surface area (Å²) in [5.74, 6) is 0.394. The predicted molar refractivity (Wildman–Crippen MR) is 85.4 cm³/mol. The Labute approximate surface area is 133 Å². The van der Waals surface area contributed by atoms with Gasteiger partial charge in [-0.05, 0) is 18.1 Å². The van der Waals surface area contributed by atoms with Crippen LogP contribution in [0.25, 0.3) is 0 Å². The number of anilines is 2. The van der Waals surface area contributed by atoms with E-state index < -0.39 is 6.04 Å². The van der Waals surface area contributed by atoms with E-state index >= 15 is 0 Å². The first kappa shape index (κ1) is 13.8. The molecule has 2 aromatic rings. The van der Waals surface area contributed by atoms with Crippen molar-refractivity contribution in [1.82, 2.24) is 15.1 Å². The summed E-state index contributed by atoms with van der Waals surface area (Å²) in [5.41, 5.74) is 2.19. The Morgan fingerprint density at radius 2 is 2.22 bits per heavy atom. The molecular formula is C16H17N5O2. The maximum Gasteiger partial charge on any atom is 0.252 e. The van der Waals surface area contributed by atoms with Crippen molar-refractivity contribution in [3.8, 4) is 0 Å². The minimum absolute atomic E-state index is 0.206. The van der Waals surface area contributed by atoms with Crippen molar-refractivity contribution in [1.29, 1.82) is 0 Å². The lowest BCUT2D eigenvalue weighted by atomic mass is 9.95. The number of benzene rings is 1. The van der Waals surface area contributed by atoms with Crippen molar-refractivity contribution in [3.05, 3.63) is 41.6 Å². The van der Waals surface area contributed by atoms with Crippen molar-refractivity contribution in [2.75, 3.05) is 17.2 Å². The number of aromatic nitrogens is 2. The van der Waals surface area contributed by atoms with Gasteiger partial charge in [0.05, 0.1) is 6.20 Å². The van der Waals surface area contributed by atoms with Crippen LogP contribution < -0.4 is 16.0 Å². The summed E-state index contributed by atoms with van der Waals surface area (Å²) in [7, 11) is 0. The Hall–Kier alpha value is -2.83. The molecule has 0 spiro atoms. The van der Waals surface area contributed by atoms with Crippen molar-refractivity contribution >= 4 is 23.3 Å². The molecule has 1 aromatic heterocycles. The molecule has 3 N–H and O–H groups in total. The van der Waals surface area contributed by atoms with Gasteiger partial charge >= 0.3 is 0 Å². The molecule has 1 atom stereocenters. The summed E-state index contributed by atoms with van der Waals surface area (Å²) in [6.45, 7) is 1.70. The van der Waals surface area contributed by atoms with Gasteiger partial charge in [0.2, 0.25) is 5.91 Å². The molecule has 0 bridgehead atoms. The molecule has 1 unspecified atom stereocenters. The third-order valence-electron chi connectivity index (χ3n) is 4.24. The minimum atomic E-state index is -0.573. The Morgan fingerprint density at radius 1 is 1.35 bits per heavy atom. The highest BCUT2D eigenvalue weighted by atomic mass is 16.2. The number of hydrogen-bond acceptors (Lipinski definition) is 4. The van der Waals surface area contributed by atoms with Crippen molar-refractivity contribution in [3.63, 3.8) is 0 Å². The summed E-state index contributed by atoms with van der Waals surface area (Å²) in [6.07, 6.45) is 3.15. The largest absolute Gasteiger partial charge is 0.368 e. The molecule has 23 heavy (non-hydrogen) atoms. The molecule has 2 aliphatic rings. The normalized spacial score (nSPS) is 19.1. The molecule has 7 nitrogen and oxygen atoms in total. The molecule has 0 saturated carbocycles. The second kappa shape index (κ2) is 5.42. The minimum Gasteiger partial charge on any atom is -0.368 e. The predicted octanol–water partition coefficient (Wildman–Crippen LogP) is 0.992. The summed E-state index contributed by atoms with van der Waals surface area (Å²) < 4.78 is 1.84. The third kappa shape index (κ3) is 2.44. The van der Waals surface area contributed by atoms with Crippen molar-refractivity contribution < 1.29 is 9.59 Å². The number of amides is 2. The quantitative estimate of drug-likeness (QED) is 0.772. The maximum absolute atomic E-state index is 12.5. The number of nitrogens with one attached hydrogen (secondary N) is 3. The van der Waals surface area contributed by atoms with Crippen LogP contribution in [0.1, 0.15) is 22.3 Å². The van der Waals surface area contributed by atoms with Gasteiger partial charge in [0.25, 0.3) is 5.91 Å². The number of aryl methyl sites for hydroxylation is 1. The third-order valence-corrected chi connectivity index (χ3v) is 4.24. The highest BCUT2D eigenvalue weighted by Crippen LogP contribution is 2.25. The molecule has 4 rings (SSSR count). The summed E-state index contributed by atoms with van der Waals surface area (Å²) in [6, 6.07) is 6.79. The van der Waals surface area contributed by atoms with Gasteiger partial charge in [-0.3, -0.25) is 9.59 Å². The van der Waals surface area contributed by atoms with Crippen LogP contribution in [-0.4, -0.2) is 34.2 Å². The van der Waals surface area contributed by atoms with Gasteiger partial charge in [0.1, 0.15) is 17.5 Å². The molecule has 1 aromatic carbocycles. The Bertz CT molecular complexity index is 783. The summed E-state index contributed by atoms with van der Waals surface area (Å²) in [5, 5.41) is 13.1. The van der Waals surface area contributed by atoms with E-state index in [-0.39, 0.29) is 11.8 Å². The Kier molecular flexibility index (Phi) is 3.25. The van der Waals surface area contributed by atoms with E-state index in [1.54, 1.807) is 12.3 Å². The molecule has 118 valence electrons. The molecule has 0 fully saturated rings. The van der Waals surface area contributed by atoms with E-state index in [1.807, 2.05) is 22.9 Å². The number of rotatable bonds is 2. The smallest absolute Gasteiger partial charge is 0.252 e. The van der Waals surface area contributed by atoms with E-state index in [0.29, 0.717) is 17.7 Å². The molecule has 2 amide bonds. The lowest BCUT2D eigenvalue weighted by Gasteiger charge is -2.25. The van der Waals surface area contributed by atoms with E-state index in [4.69, 9.17) is 0 Å². The van der Waals surface area contributed by atoms with E-state index in [1.165, 1.54) is 0 Å². The highest BCUT2D eigenvalue weighted by molar-refractivity contribution is 6.04. The van der Waals surface area contributed by atoms with Gasteiger partial charge in [-0.25, -0.2) is 4.68 Å². The lowest BCUT2D eigenvalue weighted by molar-refractivity contribution is -0.118. The van der Waals surface area contributed by atoms with Crippen LogP contribution in [0, 0.1) is 0 Å². The van der Waals surface area contributed by atoms with Crippen LogP contribution in [0.4, 0.5) is 11.5 Å². The zero-order valence-electron chi connectivity index (χ0n) is 12.5. The average molecular weight is 311 g/mol. The first-order valence-electron chi connectivity index (χ1n) is 7.72. The fourth-order valence-electron chi connectivity index (χ4n) is 3.07. The Morgan fingerprint density at radius 3 is 3.13 bits per heavy atom. The van der Waals surface area contributed by atoms with Gasteiger partial charge in [-0.1, -0.05) is 18.2 Å². The summed E-state index contributed by atoms with van der Waals surface area (Å²) >= 11 is 0. The van der Waals surface area contributed by atoms with Gasteiger partial charge in [-0.15, -0.1) is 0 Å². The summed E-state index contributed by atoms with van der Waals surface area (Å²) in [4.78, 5) is 24.6. The first-order valence-corrected chi connectivity index (χ1v) is 7.72. The maximum atomic E-state index is 12.5. The first-order chi connectivity index (χ1) is 11.2. The van der Waals surface area contributed by atoms with Crippen LogP contribution in [0.5, 0.6) is 0 Å². The van der Waals surface area contributed by atoms with Crippen molar-refractivity contribution in [2.45, 2.75) is 25.4 Å². The van der Waals surface area contributed by atoms with Gasteiger partial charge in [-0.2, -0.15) is 5.10 Å². The molecule has 0 saturated heterocycles. The zero-order valence-corrected chi connectivity index (χ0v) is 12.5. The molecule has 2 aliphatic heterocycles. The number of carbonyl (C=O) groups is 2. The van der Waals surface area contributed by atoms with E-state index in [2.05, 4.69) is 21.0 Å². The number of carbonyl (C=O) groups excluding carboxylic acids is 2. The van der Waals surface area contributed by atoms with Crippen LogP contribution >= 0.6 is 0 Å². The highest BCUT2D eigenvalue weighted by Gasteiger charge is 2.29. The number of hydrogen-bond donors (Lipinski definition) is 3. The van der Waals surface area contributed by atoms with Gasteiger partial charge < -0.3 is 16.0 Å². The fourth-order valence-corrected chi connectivity index (χ4v) is 3.07. The molecule has 7 heteroatoms. The lowest BCUT2D eigenvalue weighted by Crippen LogP contribution is -2.48. The number of nitrogens with zero attached hydrogens (tertiary/aromatic N) is 2. The molecular weight excluding hydrogens is 294 g/mol. The van der Waals surface area contributed by atoms with E-state index in [0.717, 1.165) is 30.9 Å². The van der Waals surface area contributed by atoms with Crippen molar-refractivity contribution in [2.24, 2.45) is 0 Å². The standard InChI is InChI=1S/C16H17N5O2/c22-15-11-5-2-1-4-10(11)8-12(19-15)16(23)20-13-9-18-21-7-3-6-17-14(13)21/h1-2,4-5,9,12,17H,3,6-8H2,(H,19,22)(H,20,23). The average Bonchev–Trinajstić information content (AvgIpc) is 2.98. The number of fused-ring (bicyclic) bond motifs is 2. The second-order valence-electron chi connectivity index (χ2n) is 5.79. The zero-order chi connectivity index (χ0) is 15.8. The SMILES string of the molecule is O=C1NC(C(=O)Nc2cnn3c2NCCC3)Cc2ccccc21. The van der Waals surface area contributed by atoms with Gasteiger partial charge in [0.15, 0.2) is 0 Å². The topological polar surface area (TPSA) is 88.1 Å². The van der Waals surface area contributed by atoms with Gasteiger partial charge in [0, 0.05) is 25.1 Å². The van der Waals surface area contributed by atoms with Crippen LogP contribution in [-0.2, 0) is 17.8 Å². The Balaban J connectivity index is 1.52. The second-order valence-corrected chi connectivity index (χ2v) is 5.79. The molecule has 0 aliphatic carbocycles. The van der Waals surface area contributed by atoms with Crippen LogP contribution in [0.15, 0.2) is 30.5 Å².